The zero-order valence-electron chi connectivity index (χ0n) is 52.7. The maximum atomic E-state index is 13.1. The number of aliphatic hydroxyl groups is 5. The summed E-state index contributed by atoms with van der Waals surface area (Å²) in [5.41, 5.74) is 0. The highest BCUT2D eigenvalue weighted by atomic mass is 16.7. The van der Waals surface area contributed by atoms with Crippen molar-refractivity contribution in [1.29, 1.82) is 0 Å². The lowest BCUT2D eigenvalue weighted by atomic mass is 9.99. The summed E-state index contributed by atoms with van der Waals surface area (Å²) < 4.78 is 11.3. The van der Waals surface area contributed by atoms with Crippen LogP contribution in [-0.4, -0.2) is 87.5 Å². The number of rotatable bonds is 63. The quantitative estimate of drug-likeness (QED) is 0.0261. The van der Waals surface area contributed by atoms with Crippen LogP contribution in [0.4, 0.5) is 0 Å². The minimum atomic E-state index is -1.56. The van der Waals surface area contributed by atoms with Crippen LogP contribution < -0.4 is 5.32 Å². The molecule has 1 heterocycles. The summed E-state index contributed by atoms with van der Waals surface area (Å²) in [4.78, 5) is 13.1. The van der Waals surface area contributed by atoms with Crippen LogP contribution in [0.25, 0.3) is 0 Å². The molecule has 1 amide bonds. The minimum Gasteiger partial charge on any atom is -0.394 e. The highest BCUT2D eigenvalue weighted by Crippen LogP contribution is 2.24. The third kappa shape index (κ3) is 49.0. The second kappa shape index (κ2) is 60.1. The van der Waals surface area contributed by atoms with E-state index >= 15 is 0 Å². The van der Waals surface area contributed by atoms with Gasteiger partial charge in [-0.25, -0.2) is 0 Å². The average molecular weight is 1120 g/mol. The van der Waals surface area contributed by atoms with Gasteiger partial charge in [0.05, 0.1) is 25.4 Å². The molecule has 0 bridgehead atoms. The van der Waals surface area contributed by atoms with Crippen LogP contribution in [0.5, 0.6) is 0 Å². The lowest BCUT2D eigenvalue weighted by Gasteiger charge is -2.40. The number of hydrogen-bond acceptors (Lipinski definition) is 8. The summed E-state index contributed by atoms with van der Waals surface area (Å²) in [7, 11) is 0. The normalized spacial score (nSPS) is 18.5. The Hall–Kier alpha value is -1.07. The second-order valence-electron chi connectivity index (χ2n) is 25.0. The Kier molecular flexibility index (Phi) is 57.7. The fourth-order valence-electron chi connectivity index (χ4n) is 11.8. The van der Waals surface area contributed by atoms with E-state index in [1.54, 1.807) is 6.08 Å². The molecule has 1 rings (SSSR count). The van der Waals surface area contributed by atoms with Gasteiger partial charge in [-0.15, -0.1) is 0 Å². The first-order valence-corrected chi connectivity index (χ1v) is 35.4. The maximum absolute atomic E-state index is 13.1. The predicted molar refractivity (Wildman–Crippen MR) is 337 cm³/mol. The van der Waals surface area contributed by atoms with Crippen LogP contribution in [0.3, 0.4) is 0 Å². The number of carbonyl (C=O) groups is 1. The standard InChI is InChI=1S/C70H137NO8/c1-3-5-7-9-11-13-15-17-19-21-23-25-27-29-31-32-33-34-35-37-39-41-43-45-47-49-51-53-55-57-59-64(73)63(62-78-70-69(77)68(76)67(75)65(61-72)79-70)71-66(74)60-58-56-54-52-50-48-46-44-42-40-38-36-30-28-26-24-22-20-18-16-14-12-10-8-6-4-2/h57,59,63-65,67-70,72-73,75-77H,3-56,58,60-62H2,1-2H3,(H,71,74)/b59-57+. The van der Waals surface area contributed by atoms with E-state index in [1.807, 2.05) is 6.08 Å². The highest BCUT2D eigenvalue weighted by Gasteiger charge is 2.44. The summed E-state index contributed by atoms with van der Waals surface area (Å²) in [6.07, 6.45) is 70.4. The van der Waals surface area contributed by atoms with Crippen molar-refractivity contribution in [3.8, 4) is 0 Å². The fraction of sp³-hybridized carbons (Fsp3) is 0.957. The average Bonchev–Trinajstić information content (AvgIpc) is 3.47. The van der Waals surface area contributed by atoms with Gasteiger partial charge in [0, 0.05) is 6.42 Å². The van der Waals surface area contributed by atoms with Crippen LogP contribution in [0.15, 0.2) is 12.2 Å². The number of allylic oxidation sites excluding steroid dienone is 1. The molecule has 7 atom stereocenters. The van der Waals surface area contributed by atoms with Crippen molar-refractivity contribution in [3.05, 3.63) is 12.2 Å². The third-order valence-corrected chi connectivity index (χ3v) is 17.4. The summed E-state index contributed by atoms with van der Waals surface area (Å²) >= 11 is 0. The molecule has 1 saturated heterocycles. The van der Waals surface area contributed by atoms with E-state index in [-0.39, 0.29) is 12.5 Å². The van der Waals surface area contributed by atoms with Gasteiger partial charge >= 0.3 is 0 Å². The van der Waals surface area contributed by atoms with Gasteiger partial charge < -0.3 is 40.3 Å². The van der Waals surface area contributed by atoms with E-state index in [9.17, 15) is 30.3 Å². The summed E-state index contributed by atoms with van der Waals surface area (Å²) in [5, 5.41) is 54.8. The monoisotopic (exact) mass is 1120 g/mol. The molecule has 0 aromatic heterocycles. The van der Waals surface area contributed by atoms with E-state index in [0.29, 0.717) is 6.42 Å². The number of amides is 1. The molecule has 7 unspecified atom stereocenters. The van der Waals surface area contributed by atoms with Crippen molar-refractivity contribution in [2.45, 2.75) is 416 Å². The number of nitrogens with one attached hydrogen (secondary N) is 1. The molecule has 6 N–H and O–H groups in total. The smallest absolute Gasteiger partial charge is 0.220 e. The van der Waals surface area contributed by atoms with Crippen LogP contribution in [-0.2, 0) is 14.3 Å². The number of aliphatic hydroxyl groups excluding tert-OH is 5. The molecule has 0 saturated carbocycles. The molecule has 79 heavy (non-hydrogen) atoms. The molecule has 0 spiro atoms. The molecule has 9 nitrogen and oxygen atoms in total. The molecule has 9 heteroatoms. The van der Waals surface area contributed by atoms with Crippen LogP contribution >= 0.6 is 0 Å². The molecule has 1 aliphatic rings. The summed E-state index contributed by atoms with van der Waals surface area (Å²) in [5.74, 6) is -0.167. The first-order chi connectivity index (χ1) is 38.8. The summed E-state index contributed by atoms with van der Waals surface area (Å²) in [6, 6.07) is -0.802. The van der Waals surface area contributed by atoms with Crippen molar-refractivity contribution >= 4 is 5.91 Å². The highest BCUT2D eigenvalue weighted by molar-refractivity contribution is 5.76. The molecule has 0 aliphatic carbocycles. The Morgan fingerprint density at radius 2 is 0.696 bits per heavy atom. The van der Waals surface area contributed by atoms with E-state index < -0.39 is 49.5 Å². The first-order valence-electron chi connectivity index (χ1n) is 35.4. The van der Waals surface area contributed by atoms with Crippen molar-refractivity contribution in [3.63, 3.8) is 0 Å². The minimum absolute atomic E-state index is 0.167. The van der Waals surface area contributed by atoms with E-state index in [1.165, 1.54) is 315 Å². The third-order valence-electron chi connectivity index (χ3n) is 17.4. The predicted octanol–water partition coefficient (Wildman–Crippen LogP) is 19.1. The Morgan fingerprint density at radius 3 is 0.987 bits per heavy atom. The van der Waals surface area contributed by atoms with Crippen LogP contribution in [0, 0.1) is 0 Å². The Labute approximate surface area is 490 Å². The second-order valence-corrected chi connectivity index (χ2v) is 25.0. The van der Waals surface area contributed by atoms with E-state index in [0.717, 1.165) is 38.5 Å². The first kappa shape index (κ1) is 75.9. The van der Waals surface area contributed by atoms with Gasteiger partial charge in [0.1, 0.15) is 24.4 Å². The van der Waals surface area contributed by atoms with Crippen LogP contribution in [0.1, 0.15) is 373 Å². The van der Waals surface area contributed by atoms with Crippen molar-refractivity contribution < 1.29 is 39.8 Å². The molecular weight excluding hydrogens is 983 g/mol. The Bertz CT molecular complexity index is 1250. The molecular formula is C70H137NO8. The molecule has 470 valence electrons. The number of carbonyl (C=O) groups excluding carboxylic acids is 1. The van der Waals surface area contributed by atoms with Gasteiger partial charge in [0.15, 0.2) is 6.29 Å². The van der Waals surface area contributed by atoms with Crippen molar-refractivity contribution in [1.82, 2.24) is 5.32 Å². The largest absolute Gasteiger partial charge is 0.394 e. The molecule has 1 fully saturated rings. The lowest BCUT2D eigenvalue weighted by molar-refractivity contribution is -0.302. The van der Waals surface area contributed by atoms with Gasteiger partial charge in [-0.3, -0.25) is 4.79 Å². The maximum Gasteiger partial charge on any atom is 0.220 e. The van der Waals surface area contributed by atoms with Crippen molar-refractivity contribution in [2.24, 2.45) is 0 Å². The van der Waals surface area contributed by atoms with E-state index in [2.05, 4.69) is 19.2 Å². The zero-order valence-corrected chi connectivity index (χ0v) is 52.7. The fourth-order valence-corrected chi connectivity index (χ4v) is 11.8. The topological polar surface area (TPSA) is 149 Å². The molecule has 0 aromatic rings. The Morgan fingerprint density at radius 1 is 0.418 bits per heavy atom. The number of unbranched alkanes of at least 4 members (excludes halogenated alkanes) is 53. The van der Waals surface area contributed by atoms with Gasteiger partial charge in [0.2, 0.25) is 5.91 Å². The SMILES string of the molecule is CCCCCCCCCCCCCCCCCCCCCCCCCCCCCC/C=C/C(O)C(COC1OC(CO)C(O)C(O)C1O)NC(=O)CCCCCCCCCCCCCCCCCCCCCCCCCCCC. The van der Waals surface area contributed by atoms with Crippen molar-refractivity contribution in [2.75, 3.05) is 13.2 Å². The molecule has 1 aliphatic heterocycles. The Balaban J connectivity index is 2.12. The number of hydrogen-bond donors (Lipinski definition) is 6. The van der Waals surface area contributed by atoms with Gasteiger partial charge in [-0.1, -0.05) is 360 Å². The van der Waals surface area contributed by atoms with E-state index in [4.69, 9.17) is 9.47 Å². The zero-order chi connectivity index (χ0) is 57.2. The van der Waals surface area contributed by atoms with Gasteiger partial charge in [0.25, 0.3) is 0 Å². The van der Waals surface area contributed by atoms with Crippen LogP contribution in [0.2, 0.25) is 0 Å². The molecule has 0 aromatic carbocycles. The number of ether oxygens (including phenoxy) is 2. The van der Waals surface area contributed by atoms with Gasteiger partial charge in [-0.05, 0) is 19.3 Å². The molecule has 0 radical (unpaired) electrons. The lowest BCUT2D eigenvalue weighted by Crippen LogP contribution is -2.60. The summed E-state index contributed by atoms with van der Waals surface area (Å²) in [6.45, 7) is 3.85. The van der Waals surface area contributed by atoms with Gasteiger partial charge in [-0.2, -0.15) is 0 Å².